The molecule has 0 saturated heterocycles. The first kappa shape index (κ1) is 17.5. The lowest BCUT2D eigenvalue weighted by Gasteiger charge is -2.19. The van der Waals surface area contributed by atoms with Gasteiger partial charge in [0.25, 0.3) is 11.5 Å². The standard InChI is InChI=1S/C20H20N2O4/c1-22(12-14-8-9-15(25-2)11-18(14)26-3)20(24)17-10-13-6-4-5-7-16(13)19(23)21-17/h4-11H,12H2,1-3H3,(H,21,23). The van der Waals surface area contributed by atoms with Crippen LogP contribution in [-0.2, 0) is 6.54 Å². The first-order chi connectivity index (χ1) is 12.5. The molecule has 0 spiro atoms. The third-order valence-electron chi connectivity index (χ3n) is 4.23. The van der Waals surface area contributed by atoms with Crippen LogP contribution < -0.4 is 15.0 Å². The summed E-state index contributed by atoms with van der Waals surface area (Å²) in [6, 6.07) is 14.3. The van der Waals surface area contributed by atoms with Gasteiger partial charge in [0, 0.05) is 30.6 Å². The van der Waals surface area contributed by atoms with Crippen LogP contribution in [0.15, 0.2) is 53.3 Å². The Balaban J connectivity index is 1.88. The number of rotatable bonds is 5. The van der Waals surface area contributed by atoms with Gasteiger partial charge in [-0.2, -0.15) is 0 Å². The van der Waals surface area contributed by atoms with E-state index >= 15 is 0 Å². The number of fused-ring (bicyclic) bond motifs is 1. The number of benzene rings is 2. The van der Waals surface area contributed by atoms with Crippen LogP contribution in [0.1, 0.15) is 16.1 Å². The van der Waals surface area contributed by atoms with Gasteiger partial charge in [0.2, 0.25) is 0 Å². The minimum atomic E-state index is -0.276. The summed E-state index contributed by atoms with van der Waals surface area (Å²) in [7, 11) is 4.83. The molecule has 0 aliphatic rings. The summed E-state index contributed by atoms with van der Waals surface area (Å²) in [5.41, 5.74) is 0.817. The average Bonchev–Trinajstić information content (AvgIpc) is 2.67. The molecule has 0 aliphatic heterocycles. The fourth-order valence-electron chi connectivity index (χ4n) is 2.84. The monoisotopic (exact) mass is 352 g/mol. The third kappa shape index (κ3) is 3.39. The van der Waals surface area contributed by atoms with Crippen LogP contribution in [0.5, 0.6) is 11.5 Å². The van der Waals surface area contributed by atoms with E-state index in [2.05, 4.69) is 4.98 Å². The molecule has 6 heteroatoms. The molecule has 0 bridgehead atoms. The van der Waals surface area contributed by atoms with Crippen molar-refractivity contribution < 1.29 is 14.3 Å². The van der Waals surface area contributed by atoms with Gasteiger partial charge in [-0.3, -0.25) is 9.59 Å². The number of aromatic amines is 1. The van der Waals surface area contributed by atoms with Gasteiger partial charge in [0.15, 0.2) is 0 Å². The van der Waals surface area contributed by atoms with E-state index in [1.807, 2.05) is 24.3 Å². The number of carbonyl (C=O) groups excluding carboxylic acids is 1. The number of ether oxygens (including phenoxy) is 2. The van der Waals surface area contributed by atoms with Crippen LogP contribution in [0.2, 0.25) is 0 Å². The molecule has 3 rings (SSSR count). The molecule has 0 unspecified atom stereocenters. The SMILES string of the molecule is COc1ccc(CN(C)C(=O)c2cc3ccccc3c(=O)[nH]2)c(OC)c1. The predicted molar refractivity (Wildman–Crippen MR) is 99.9 cm³/mol. The fraction of sp³-hybridized carbons (Fsp3) is 0.200. The van der Waals surface area contributed by atoms with Gasteiger partial charge in [0.1, 0.15) is 17.2 Å². The number of nitrogens with zero attached hydrogens (tertiary/aromatic N) is 1. The molecule has 1 amide bonds. The van der Waals surface area contributed by atoms with Crippen molar-refractivity contribution in [2.24, 2.45) is 0 Å². The van der Waals surface area contributed by atoms with Crippen molar-refractivity contribution in [3.63, 3.8) is 0 Å². The second kappa shape index (κ2) is 7.31. The van der Waals surface area contributed by atoms with Crippen molar-refractivity contribution in [3.8, 4) is 11.5 Å². The van der Waals surface area contributed by atoms with Crippen molar-refractivity contribution in [1.82, 2.24) is 9.88 Å². The van der Waals surface area contributed by atoms with E-state index in [0.29, 0.717) is 23.4 Å². The van der Waals surface area contributed by atoms with Crippen LogP contribution in [0.25, 0.3) is 10.8 Å². The van der Waals surface area contributed by atoms with E-state index in [0.717, 1.165) is 10.9 Å². The van der Waals surface area contributed by atoms with Crippen molar-refractivity contribution in [1.29, 1.82) is 0 Å². The molecule has 134 valence electrons. The average molecular weight is 352 g/mol. The van der Waals surface area contributed by atoms with Crippen LogP contribution >= 0.6 is 0 Å². The summed E-state index contributed by atoms with van der Waals surface area (Å²) >= 11 is 0. The first-order valence-corrected chi connectivity index (χ1v) is 8.12. The third-order valence-corrected chi connectivity index (χ3v) is 4.23. The van der Waals surface area contributed by atoms with Gasteiger partial charge in [-0.1, -0.05) is 18.2 Å². The zero-order chi connectivity index (χ0) is 18.7. The maximum Gasteiger partial charge on any atom is 0.270 e. The van der Waals surface area contributed by atoms with Crippen LogP contribution in [0.3, 0.4) is 0 Å². The molecule has 0 atom stereocenters. The molecule has 6 nitrogen and oxygen atoms in total. The highest BCUT2D eigenvalue weighted by molar-refractivity contribution is 5.96. The van der Waals surface area contributed by atoms with Crippen LogP contribution in [-0.4, -0.2) is 37.1 Å². The summed E-state index contributed by atoms with van der Waals surface area (Å²) in [4.78, 5) is 29.2. The molecular weight excluding hydrogens is 332 g/mol. The lowest BCUT2D eigenvalue weighted by molar-refractivity contribution is 0.0778. The van der Waals surface area contributed by atoms with Gasteiger partial charge in [-0.15, -0.1) is 0 Å². The number of H-pyrrole nitrogens is 1. The molecular formula is C20H20N2O4. The number of nitrogens with one attached hydrogen (secondary N) is 1. The quantitative estimate of drug-likeness (QED) is 0.766. The number of aromatic nitrogens is 1. The molecule has 0 saturated carbocycles. The number of pyridine rings is 1. The Morgan fingerprint density at radius 2 is 1.85 bits per heavy atom. The summed E-state index contributed by atoms with van der Waals surface area (Å²) in [5.74, 6) is 1.04. The smallest absolute Gasteiger partial charge is 0.270 e. The number of methoxy groups -OCH3 is 2. The molecule has 26 heavy (non-hydrogen) atoms. The molecule has 1 N–H and O–H groups in total. The van der Waals surface area contributed by atoms with Crippen molar-refractivity contribution in [2.45, 2.75) is 6.54 Å². The molecule has 2 aromatic carbocycles. The Kier molecular flexibility index (Phi) is 4.93. The van der Waals surface area contributed by atoms with E-state index < -0.39 is 0 Å². The molecule has 3 aromatic rings. The summed E-state index contributed by atoms with van der Waals surface area (Å²) in [5, 5.41) is 1.29. The lowest BCUT2D eigenvalue weighted by Crippen LogP contribution is -2.28. The highest BCUT2D eigenvalue weighted by Crippen LogP contribution is 2.25. The van der Waals surface area contributed by atoms with Gasteiger partial charge in [-0.25, -0.2) is 0 Å². The molecule has 1 aromatic heterocycles. The molecule has 0 radical (unpaired) electrons. The Morgan fingerprint density at radius 3 is 2.58 bits per heavy atom. The number of hydrogen-bond donors (Lipinski definition) is 1. The van der Waals surface area contributed by atoms with Crippen molar-refractivity contribution in [2.75, 3.05) is 21.3 Å². The second-order valence-electron chi connectivity index (χ2n) is 5.94. The van der Waals surface area contributed by atoms with Gasteiger partial charge in [0.05, 0.1) is 14.2 Å². The van der Waals surface area contributed by atoms with Crippen LogP contribution in [0, 0.1) is 0 Å². The minimum Gasteiger partial charge on any atom is -0.497 e. The fourth-order valence-corrected chi connectivity index (χ4v) is 2.84. The highest BCUT2D eigenvalue weighted by atomic mass is 16.5. The van der Waals surface area contributed by atoms with Gasteiger partial charge < -0.3 is 19.4 Å². The van der Waals surface area contributed by atoms with Gasteiger partial charge >= 0.3 is 0 Å². The molecule has 0 fully saturated rings. The van der Waals surface area contributed by atoms with Crippen LogP contribution in [0.4, 0.5) is 0 Å². The van der Waals surface area contributed by atoms with Crippen molar-refractivity contribution in [3.05, 3.63) is 70.1 Å². The highest BCUT2D eigenvalue weighted by Gasteiger charge is 2.16. The maximum atomic E-state index is 12.8. The number of carbonyl (C=O) groups is 1. The van der Waals surface area contributed by atoms with E-state index in [9.17, 15) is 9.59 Å². The van der Waals surface area contributed by atoms with Gasteiger partial charge in [-0.05, 0) is 29.7 Å². The Morgan fingerprint density at radius 1 is 1.08 bits per heavy atom. The minimum absolute atomic E-state index is 0.253. The number of hydrogen-bond acceptors (Lipinski definition) is 4. The first-order valence-electron chi connectivity index (χ1n) is 8.12. The molecule has 1 heterocycles. The summed E-state index contributed by atoms with van der Waals surface area (Å²) in [6.07, 6.45) is 0. The lowest BCUT2D eigenvalue weighted by atomic mass is 10.1. The normalized spacial score (nSPS) is 10.6. The second-order valence-corrected chi connectivity index (χ2v) is 5.94. The summed E-state index contributed by atoms with van der Waals surface area (Å²) < 4.78 is 10.6. The Hall–Kier alpha value is -3.28. The zero-order valence-electron chi connectivity index (χ0n) is 14.9. The maximum absolute atomic E-state index is 12.8. The number of amides is 1. The Bertz CT molecular complexity index is 1010. The summed E-state index contributed by atoms with van der Waals surface area (Å²) in [6.45, 7) is 0.334. The van der Waals surface area contributed by atoms with E-state index in [1.165, 1.54) is 4.90 Å². The largest absolute Gasteiger partial charge is 0.497 e. The van der Waals surface area contributed by atoms with Crippen molar-refractivity contribution >= 4 is 16.7 Å². The van der Waals surface area contributed by atoms with E-state index in [1.54, 1.807) is 45.5 Å². The topological polar surface area (TPSA) is 71.6 Å². The van der Waals surface area contributed by atoms with E-state index in [4.69, 9.17) is 9.47 Å². The predicted octanol–water partition coefficient (Wildman–Crippen LogP) is 2.82. The molecule has 0 aliphatic carbocycles. The zero-order valence-corrected chi connectivity index (χ0v) is 14.9. The van der Waals surface area contributed by atoms with E-state index in [-0.39, 0.29) is 17.2 Å². The Labute approximate surface area is 151 Å².